The second-order valence-electron chi connectivity index (χ2n) is 6.12. The zero-order chi connectivity index (χ0) is 20.5. The Bertz CT molecular complexity index is 1140. The Balaban J connectivity index is 2.51. The van der Waals surface area contributed by atoms with Gasteiger partial charge < -0.3 is 19.3 Å². The zero-order valence-corrected chi connectivity index (χ0v) is 16.8. The van der Waals surface area contributed by atoms with Gasteiger partial charge >= 0.3 is 0 Å². The Morgan fingerprint density at radius 2 is 1.57 bits per heavy atom. The summed E-state index contributed by atoms with van der Waals surface area (Å²) in [6.45, 7) is 0. The maximum absolute atomic E-state index is 12.0. The first kappa shape index (κ1) is 19.6. The molecule has 0 amide bonds. The number of phenols is 1. The molecule has 0 bridgehead atoms. The standard InChI is InChI=1S/C20H21NO6S/c1-25-16-11-14(21-28(4,23)24)18(20(27-3)19(16)26-2)17-13-8-6-5-7-12(13)9-10-15(17)22/h5-11,21-22H,1-4H3. The molecule has 0 atom stereocenters. The van der Waals surface area contributed by atoms with Gasteiger partial charge in [0.05, 0.1) is 38.8 Å². The van der Waals surface area contributed by atoms with E-state index < -0.39 is 10.0 Å². The summed E-state index contributed by atoms with van der Waals surface area (Å²) in [5.41, 5.74) is 0.964. The third-order valence-electron chi connectivity index (χ3n) is 4.28. The van der Waals surface area contributed by atoms with Gasteiger partial charge in [0, 0.05) is 11.6 Å². The quantitative estimate of drug-likeness (QED) is 0.653. The molecular weight excluding hydrogens is 382 g/mol. The summed E-state index contributed by atoms with van der Waals surface area (Å²) in [6.07, 6.45) is 1.04. The van der Waals surface area contributed by atoms with E-state index in [9.17, 15) is 13.5 Å². The summed E-state index contributed by atoms with van der Waals surface area (Å²) in [5, 5.41) is 12.3. The van der Waals surface area contributed by atoms with Crippen molar-refractivity contribution in [1.29, 1.82) is 0 Å². The molecule has 8 heteroatoms. The molecule has 0 aromatic heterocycles. The molecule has 0 unspecified atom stereocenters. The van der Waals surface area contributed by atoms with E-state index >= 15 is 0 Å². The summed E-state index contributed by atoms with van der Waals surface area (Å²) in [5.74, 6) is 0.779. The number of hydrogen-bond donors (Lipinski definition) is 2. The molecule has 0 fully saturated rings. The average molecular weight is 403 g/mol. The van der Waals surface area contributed by atoms with E-state index in [1.54, 1.807) is 12.1 Å². The molecule has 0 spiro atoms. The SMILES string of the molecule is COc1cc(NS(C)(=O)=O)c(-c2c(O)ccc3ccccc23)c(OC)c1OC. The van der Waals surface area contributed by atoms with Crippen molar-refractivity contribution in [2.24, 2.45) is 0 Å². The lowest BCUT2D eigenvalue weighted by atomic mass is 9.94. The van der Waals surface area contributed by atoms with E-state index in [0.29, 0.717) is 11.1 Å². The van der Waals surface area contributed by atoms with Gasteiger partial charge in [-0.05, 0) is 16.8 Å². The Morgan fingerprint density at radius 3 is 2.18 bits per heavy atom. The van der Waals surface area contributed by atoms with Crippen LogP contribution in [0.5, 0.6) is 23.0 Å². The number of hydrogen-bond acceptors (Lipinski definition) is 6. The lowest BCUT2D eigenvalue weighted by Crippen LogP contribution is -2.12. The van der Waals surface area contributed by atoms with Crippen LogP contribution in [0.3, 0.4) is 0 Å². The molecule has 0 saturated carbocycles. The molecule has 0 radical (unpaired) electrons. The van der Waals surface area contributed by atoms with Crippen LogP contribution in [0.25, 0.3) is 21.9 Å². The number of rotatable bonds is 6. The molecule has 2 N–H and O–H groups in total. The van der Waals surface area contributed by atoms with Crippen LogP contribution < -0.4 is 18.9 Å². The van der Waals surface area contributed by atoms with Crippen molar-refractivity contribution in [1.82, 2.24) is 0 Å². The van der Waals surface area contributed by atoms with E-state index in [4.69, 9.17) is 14.2 Å². The normalized spacial score (nSPS) is 11.3. The molecule has 28 heavy (non-hydrogen) atoms. The molecule has 3 aromatic carbocycles. The van der Waals surface area contributed by atoms with Crippen LogP contribution in [0.4, 0.5) is 5.69 Å². The fourth-order valence-electron chi connectivity index (χ4n) is 3.21. The van der Waals surface area contributed by atoms with Crippen molar-refractivity contribution in [2.45, 2.75) is 0 Å². The van der Waals surface area contributed by atoms with Gasteiger partial charge in [-0.1, -0.05) is 30.3 Å². The van der Waals surface area contributed by atoms with Gasteiger partial charge in [-0.2, -0.15) is 0 Å². The second kappa shape index (κ2) is 7.47. The van der Waals surface area contributed by atoms with Crippen LogP contribution in [0.2, 0.25) is 0 Å². The van der Waals surface area contributed by atoms with Crippen molar-refractivity contribution in [3.63, 3.8) is 0 Å². The van der Waals surface area contributed by atoms with Gasteiger partial charge in [-0.15, -0.1) is 0 Å². The van der Waals surface area contributed by atoms with Crippen LogP contribution in [-0.4, -0.2) is 41.1 Å². The van der Waals surface area contributed by atoms with E-state index in [-0.39, 0.29) is 28.7 Å². The number of methoxy groups -OCH3 is 3. The molecule has 0 aliphatic rings. The van der Waals surface area contributed by atoms with Crippen LogP contribution >= 0.6 is 0 Å². The van der Waals surface area contributed by atoms with Gasteiger partial charge in [0.15, 0.2) is 11.5 Å². The van der Waals surface area contributed by atoms with E-state index in [0.717, 1.165) is 17.0 Å². The van der Waals surface area contributed by atoms with E-state index in [1.165, 1.54) is 27.4 Å². The van der Waals surface area contributed by atoms with E-state index in [1.807, 2.05) is 24.3 Å². The van der Waals surface area contributed by atoms with Crippen molar-refractivity contribution in [2.75, 3.05) is 32.3 Å². The third kappa shape index (κ3) is 3.50. The summed E-state index contributed by atoms with van der Waals surface area (Å²) in [6, 6.07) is 12.3. The number of nitrogens with one attached hydrogen (secondary N) is 1. The topological polar surface area (TPSA) is 94.1 Å². The lowest BCUT2D eigenvalue weighted by molar-refractivity contribution is 0.325. The first-order valence-electron chi connectivity index (χ1n) is 8.32. The fraction of sp³-hybridized carbons (Fsp3) is 0.200. The molecule has 0 saturated heterocycles. The molecule has 148 valence electrons. The summed E-state index contributed by atoms with van der Waals surface area (Å²) < 4.78 is 42.8. The van der Waals surface area contributed by atoms with Gasteiger partial charge in [0.1, 0.15) is 5.75 Å². The maximum atomic E-state index is 12.0. The van der Waals surface area contributed by atoms with Gasteiger partial charge in [0.2, 0.25) is 15.8 Å². The molecule has 3 rings (SSSR count). The predicted molar refractivity (Wildman–Crippen MR) is 109 cm³/mol. The van der Waals surface area contributed by atoms with Crippen molar-refractivity contribution >= 4 is 26.5 Å². The van der Waals surface area contributed by atoms with Crippen LogP contribution in [0.15, 0.2) is 42.5 Å². The summed E-state index contributed by atoms with van der Waals surface area (Å²) in [7, 11) is 0.707. The number of sulfonamides is 1. The first-order valence-corrected chi connectivity index (χ1v) is 10.2. The first-order chi connectivity index (χ1) is 13.3. The minimum Gasteiger partial charge on any atom is -0.507 e. The van der Waals surface area contributed by atoms with Gasteiger partial charge in [0.25, 0.3) is 0 Å². The van der Waals surface area contributed by atoms with Gasteiger partial charge in [-0.25, -0.2) is 8.42 Å². The zero-order valence-electron chi connectivity index (χ0n) is 15.9. The highest BCUT2D eigenvalue weighted by atomic mass is 32.2. The number of ether oxygens (including phenoxy) is 3. The average Bonchev–Trinajstić information content (AvgIpc) is 2.66. The third-order valence-corrected chi connectivity index (χ3v) is 4.87. The Kier molecular flexibility index (Phi) is 5.24. The summed E-state index contributed by atoms with van der Waals surface area (Å²) >= 11 is 0. The van der Waals surface area contributed by atoms with Crippen molar-refractivity contribution < 1.29 is 27.7 Å². The van der Waals surface area contributed by atoms with Crippen LogP contribution in [0, 0.1) is 0 Å². The number of aromatic hydroxyl groups is 1. The molecule has 0 heterocycles. The van der Waals surface area contributed by atoms with E-state index in [2.05, 4.69) is 4.72 Å². The highest BCUT2D eigenvalue weighted by Gasteiger charge is 2.26. The predicted octanol–water partition coefficient (Wildman–Crippen LogP) is 3.61. The van der Waals surface area contributed by atoms with Crippen molar-refractivity contribution in [3.8, 4) is 34.1 Å². The Morgan fingerprint density at radius 1 is 0.893 bits per heavy atom. The monoisotopic (exact) mass is 403 g/mol. The molecule has 7 nitrogen and oxygen atoms in total. The number of anilines is 1. The smallest absolute Gasteiger partial charge is 0.229 e. The number of fused-ring (bicyclic) bond motifs is 1. The second-order valence-corrected chi connectivity index (χ2v) is 7.87. The number of phenolic OH excluding ortho intramolecular Hbond substituents is 1. The van der Waals surface area contributed by atoms with Gasteiger partial charge in [-0.3, -0.25) is 4.72 Å². The van der Waals surface area contributed by atoms with Crippen molar-refractivity contribution in [3.05, 3.63) is 42.5 Å². The fourth-order valence-corrected chi connectivity index (χ4v) is 3.77. The lowest BCUT2D eigenvalue weighted by Gasteiger charge is -2.21. The highest BCUT2D eigenvalue weighted by molar-refractivity contribution is 7.92. The molecule has 0 aliphatic carbocycles. The molecule has 3 aromatic rings. The summed E-state index contributed by atoms with van der Waals surface area (Å²) in [4.78, 5) is 0. The minimum atomic E-state index is -3.63. The number of benzene rings is 3. The Hall–Kier alpha value is -3.13. The highest BCUT2D eigenvalue weighted by Crippen LogP contribution is 2.52. The maximum Gasteiger partial charge on any atom is 0.229 e. The largest absolute Gasteiger partial charge is 0.507 e. The molecule has 0 aliphatic heterocycles. The Labute approximate surface area is 163 Å². The van der Waals surface area contributed by atoms with Crippen LogP contribution in [0.1, 0.15) is 0 Å². The van der Waals surface area contributed by atoms with Crippen LogP contribution in [-0.2, 0) is 10.0 Å². The molecular formula is C20H21NO6S. The minimum absolute atomic E-state index is 0.0271.